The van der Waals surface area contributed by atoms with Crippen LogP contribution in [0.25, 0.3) is 0 Å². The number of anilines is 1. The summed E-state index contributed by atoms with van der Waals surface area (Å²) in [5, 5.41) is 2.38. The van der Waals surface area contributed by atoms with Crippen LogP contribution in [0.2, 0.25) is 0 Å². The molecule has 0 aliphatic carbocycles. The lowest BCUT2D eigenvalue weighted by Gasteiger charge is -2.07. The molecule has 0 unspecified atom stereocenters. The van der Waals surface area contributed by atoms with Crippen molar-refractivity contribution in [3.05, 3.63) is 36.5 Å². The van der Waals surface area contributed by atoms with E-state index in [2.05, 4.69) is 15.0 Å². The van der Waals surface area contributed by atoms with Gasteiger partial charge in [0.15, 0.2) is 11.5 Å². The lowest BCUT2D eigenvalue weighted by Crippen LogP contribution is -2.24. The lowest BCUT2D eigenvalue weighted by molar-refractivity contribution is -0.152. The van der Waals surface area contributed by atoms with Crippen LogP contribution in [-0.4, -0.2) is 30.3 Å². The van der Waals surface area contributed by atoms with Crippen molar-refractivity contribution in [1.82, 2.24) is 4.98 Å². The van der Waals surface area contributed by atoms with E-state index in [4.69, 9.17) is 14.2 Å². The first kappa shape index (κ1) is 15.6. The Morgan fingerprint density at radius 2 is 2.04 bits per heavy atom. The summed E-state index contributed by atoms with van der Waals surface area (Å²) in [7, 11) is 0. The van der Waals surface area contributed by atoms with E-state index in [1.165, 1.54) is 6.20 Å². The summed E-state index contributed by atoms with van der Waals surface area (Å²) < 4.78 is 20.7. The largest absolute Gasteiger partial charge is 0.459 e. The van der Waals surface area contributed by atoms with Crippen molar-refractivity contribution in [2.45, 2.75) is 6.92 Å². The summed E-state index contributed by atoms with van der Waals surface area (Å²) >= 11 is 0. The second kappa shape index (κ2) is 6.86. The molecule has 3 rings (SSSR count). The van der Waals surface area contributed by atoms with Crippen LogP contribution in [0.3, 0.4) is 0 Å². The van der Waals surface area contributed by atoms with Gasteiger partial charge in [0.1, 0.15) is 5.75 Å². The number of benzene rings is 1. The minimum atomic E-state index is -0.946. The molecule has 0 saturated heterocycles. The maximum absolute atomic E-state index is 11.5. The molecule has 1 aliphatic heterocycles. The fourth-order valence-electron chi connectivity index (χ4n) is 1.95. The number of ether oxygens (including phenoxy) is 4. The van der Waals surface area contributed by atoms with E-state index >= 15 is 0 Å². The van der Waals surface area contributed by atoms with Crippen LogP contribution in [0.4, 0.5) is 5.69 Å². The highest BCUT2D eigenvalue weighted by atomic mass is 16.7. The van der Waals surface area contributed by atoms with Crippen molar-refractivity contribution in [2.24, 2.45) is 0 Å². The zero-order valence-electron chi connectivity index (χ0n) is 12.8. The number of nitrogens with zero attached hydrogens (tertiary/aromatic N) is 1. The minimum Gasteiger partial charge on any atom is -0.459 e. The van der Waals surface area contributed by atoms with E-state index in [0.717, 1.165) is 0 Å². The number of pyridine rings is 1. The molecule has 2 heterocycles. The number of hydrogen-bond acceptors (Lipinski definition) is 7. The molecular weight excluding hydrogens is 316 g/mol. The van der Waals surface area contributed by atoms with Crippen molar-refractivity contribution >= 4 is 17.6 Å². The Balaban J connectivity index is 1.62. The SMILES string of the molecule is CCOC(=O)C(=O)Nc1ccc(Oc2ccc3c(c2)OCO3)nc1. The van der Waals surface area contributed by atoms with Crippen molar-refractivity contribution in [2.75, 3.05) is 18.7 Å². The molecule has 1 amide bonds. The van der Waals surface area contributed by atoms with Crippen LogP contribution >= 0.6 is 0 Å². The number of amides is 1. The molecule has 0 atom stereocenters. The number of aromatic nitrogens is 1. The highest BCUT2D eigenvalue weighted by Gasteiger charge is 2.16. The van der Waals surface area contributed by atoms with Gasteiger partial charge in [-0.05, 0) is 25.1 Å². The Morgan fingerprint density at radius 1 is 1.21 bits per heavy atom. The highest BCUT2D eigenvalue weighted by Crippen LogP contribution is 2.36. The number of carbonyl (C=O) groups is 2. The maximum Gasteiger partial charge on any atom is 0.397 e. The molecule has 0 saturated carbocycles. The first-order valence-electron chi connectivity index (χ1n) is 7.17. The van der Waals surface area contributed by atoms with Gasteiger partial charge in [0, 0.05) is 12.1 Å². The van der Waals surface area contributed by atoms with Crippen LogP contribution in [-0.2, 0) is 14.3 Å². The Bertz CT molecular complexity index is 760. The number of carbonyl (C=O) groups excluding carboxylic acids is 2. The predicted molar refractivity (Wildman–Crippen MR) is 82.1 cm³/mol. The summed E-state index contributed by atoms with van der Waals surface area (Å²) in [6.45, 7) is 1.94. The van der Waals surface area contributed by atoms with Crippen molar-refractivity contribution in [3.8, 4) is 23.1 Å². The van der Waals surface area contributed by atoms with Gasteiger partial charge >= 0.3 is 11.9 Å². The first-order valence-corrected chi connectivity index (χ1v) is 7.17. The fourth-order valence-corrected chi connectivity index (χ4v) is 1.95. The van der Waals surface area contributed by atoms with Gasteiger partial charge in [-0.3, -0.25) is 4.79 Å². The average Bonchev–Trinajstić information content (AvgIpc) is 3.04. The number of nitrogens with one attached hydrogen (secondary N) is 1. The van der Waals surface area contributed by atoms with Gasteiger partial charge in [-0.25, -0.2) is 9.78 Å². The molecule has 0 bridgehead atoms. The molecule has 24 heavy (non-hydrogen) atoms. The zero-order valence-corrected chi connectivity index (χ0v) is 12.8. The third-order valence-corrected chi connectivity index (χ3v) is 3.02. The lowest BCUT2D eigenvalue weighted by atomic mass is 10.3. The number of fused-ring (bicyclic) bond motifs is 1. The molecule has 1 aliphatic rings. The summed E-state index contributed by atoms with van der Waals surface area (Å²) in [6.07, 6.45) is 1.37. The quantitative estimate of drug-likeness (QED) is 0.677. The average molecular weight is 330 g/mol. The molecule has 8 nitrogen and oxygen atoms in total. The molecule has 0 fully saturated rings. The van der Waals surface area contributed by atoms with Gasteiger partial charge in [0.25, 0.3) is 0 Å². The minimum absolute atomic E-state index is 0.132. The van der Waals surface area contributed by atoms with E-state index in [0.29, 0.717) is 28.8 Å². The van der Waals surface area contributed by atoms with Gasteiger partial charge in [-0.1, -0.05) is 0 Å². The third kappa shape index (κ3) is 3.54. The van der Waals surface area contributed by atoms with Crippen LogP contribution in [0.15, 0.2) is 36.5 Å². The molecule has 1 N–H and O–H groups in total. The van der Waals surface area contributed by atoms with E-state index in [1.807, 2.05) is 0 Å². The van der Waals surface area contributed by atoms with Gasteiger partial charge < -0.3 is 24.3 Å². The Labute approximate surface area is 137 Å². The highest BCUT2D eigenvalue weighted by molar-refractivity contribution is 6.37. The zero-order chi connectivity index (χ0) is 16.9. The van der Waals surface area contributed by atoms with Gasteiger partial charge in [0.05, 0.1) is 18.5 Å². The molecule has 1 aromatic heterocycles. The fraction of sp³-hybridized carbons (Fsp3) is 0.188. The Kier molecular flexibility index (Phi) is 4.46. The number of esters is 1. The standard InChI is InChI=1S/C16H14N2O6/c1-2-21-16(20)15(19)18-10-3-6-14(17-8-10)24-11-4-5-12-13(7-11)23-9-22-12/h3-8H,2,9H2,1H3,(H,18,19). The van der Waals surface area contributed by atoms with E-state index < -0.39 is 11.9 Å². The van der Waals surface area contributed by atoms with Crippen molar-refractivity contribution < 1.29 is 28.5 Å². The van der Waals surface area contributed by atoms with Crippen molar-refractivity contribution in [1.29, 1.82) is 0 Å². The maximum atomic E-state index is 11.5. The third-order valence-electron chi connectivity index (χ3n) is 3.02. The van der Waals surface area contributed by atoms with Crippen LogP contribution in [0.5, 0.6) is 23.1 Å². The van der Waals surface area contributed by atoms with Crippen LogP contribution in [0.1, 0.15) is 6.92 Å². The Hall–Kier alpha value is -3.29. The second-order valence-corrected chi connectivity index (χ2v) is 4.68. The number of hydrogen-bond donors (Lipinski definition) is 1. The molecular formula is C16H14N2O6. The topological polar surface area (TPSA) is 96.0 Å². The second-order valence-electron chi connectivity index (χ2n) is 4.68. The molecule has 8 heteroatoms. The Morgan fingerprint density at radius 3 is 2.79 bits per heavy atom. The molecule has 124 valence electrons. The molecule has 2 aromatic rings. The monoisotopic (exact) mass is 330 g/mol. The van der Waals surface area contributed by atoms with E-state index in [-0.39, 0.29) is 13.4 Å². The smallest absolute Gasteiger partial charge is 0.397 e. The van der Waals surface area contributed by atoms with Gasteiger partial charge in [-0.15, -0.1) is 0 Å². The summed E-state index contributed by atoms with van der Waals surface area (Å²) in [5.74, 6) is 0.317. The summed E-state index contributed by atoms with van der Waals surface area (Å²) in [5.41, 5.74) is 0.353. The normalized spacial score (nSPS) is 11.7. The molecule has 1 aromatic carbocycles. The van der Waals surface area contributed by atoms with Crippen molar-refractivity contribution in [3.63, 3.8) is 0 Å². The van der Waals surface area contributed by atoms with Crippen LogP contribution in [0, 0.1) is 0 Å². The first-order chi connectivity index (χ1) is 11.7. The van der Waals surface area contributed by atoms with Gasteiger partial charge in [0.2, 0.25) is 12.7 Å². The van der Waals surface area contributed by atoms with E-state index in [9.17, 15) is 9.59 Å². The van der Waals surface area contributed by atoms with Gasteiger partial charge in [-0.2, -0.15) is 0 Å². The number of rotatable bonds is 4. The van der Waals surface area contributed by atoms with E-state index in [1.54, 1.807) is 37.3 Å². The molecule has 0 radical (unpaired) electrons. The predicted octanol–water partition coefficient (Wildman–Crippen LogP) is 2.10. The summed E-state index contributed by atoms with van der Waals surface area (Å²) in [6, 6.07) is 8.29. The summed E-state index contributed by atoms with van der Waals surface area (Å²) in [4.78, 5) is 26.8. The molecule has 0 spiro atoms. The van der Waals surface area contributed by atoms with Crippen LogP contribution < -0.4 is 19.5 Å².